The first-order valence-corrected chi connectivity index (χ1v) is 13.7. The lowest BCUT2D eigenvalue weighted by Crippen LogP contribution is -2.62. The predicted molar refractivity (Wildman–Crippen MR) is 131 cm³/mol. The van der Waals surface area contributed by atoms with Crippen LogP contribution in [0.25, 0.3) is 0 Å². The molecule has 0 aromatic carbocycles. The lowest BCUT2D eigenvalue weighted by Gasteiger charge is -2.63. The van der Waals surface area contributed by atoms with Crippen LogP contribution < -0.4 is 10.9 Å². The van der Waals surface area contributed by atoms with Crippen molar-refractivity contribution in [2.24, 2.45) is 28.6 Å². The monoisotopic (exact) mass is 484 g/mol. The minimum Gasteiger partial charge on any atom is -0.446 e. The van der Waals surface area contributed by atoms with E-state index in [0.29, 0.717) is 24.4 Å². The summed E-state index contributed by atoms with van der Waals surface area (Å²) < 4.78 is 11.2. The second-order valence-electron chi connectivity index (χ2n) is 12.6. The highest BCUT2D eigenvalue weighted by Gasteiger charge is 2.67. The zero-order valence-electron chi connectivity index (χ0n) is 21.1. The van der Waals surface area contributed by atoms with Gasteiger partial charge in [0, 0.05) is 24.6 Å². The molecule has 0 radical (unpaired) electrons. The summed E-state index contributed by atoms with van der Waals surface area (Å²) in [4.78, 5) is 25.8. The third-order valence-corrected chi connectivity index (χ3v) is 11.3. The topological polar surface area (TPSA) is 92.0 Å². The second kappa shape index (κ2) is 8.34. The lowest BCUT2D eigenvalue weighted by atomic mass is 9.43. The summed E-state index contributed by atoms with van der Waals surface area (Å²) in [6, 6.07) is 3.41. The maximum Gasteiger partial charge on any atom is 0.411 e. The molecule has 1 saturated heterocycles. The van der Waals surface area contributed by atoms with E-state index in [0.717, 1.165) is 76.4 Å². The summed E-state index contributed by atoms with van der Waals surface area (Å²) in [7, 11) is 0. The molecule has 1 aromatic heterocycles. The quantitative estimate of drug-likeness (QED) is 0.652. The van der Waals surface area contributed by atoms with E-state index in [1.165, 1.54) is 6.07 Å². The van der Waals surface area contributed by atoms with Crippen LogP contribution >= 0.6 is 0 Å². The van der Waals surface area contributed by atoms with Gasteiger partial charge in [0.05, 0.1) is 18.5 Å². The molecule has 2 heterocycles. The smallest absolute Gasteiger partial charge is 0.411 e. The maximum absolute atomic E-state index is 12.6. The number of fused-ring (bicyclic) bond motifs is 5. The number of hydrogen-bond acceptors (Lipinski definition) is 6. The molecule has 6 rings (SSSR count). The number of nitrogens with one attached hydrogen (secondary N) is 1. The van der Waals surface area contributed by atoms with Crippen molar-refractivity contribution in [3.63, 3.8) is 0 Å². The van der Waals surface area contributed by atoms with Gasteiger partial charge in [-0.3, -0.25) is 10.2 Å². The van der Waals surface area contributed by atoms with Crippen molar-refractivity contribution in [1.82, 2.24) is 10.2 Å². The molecule has 5 aliphatic rings. The number of ether oxygens (including phenoxy) is 1. The number of carbonyl (C=O) groups excluding carboxylic acids is 1. The van der Waals surface area contributed by atoms with E-state index in [1.807, 2.05) is 6.07 Å². The fourth-order valence-corrected chi connectivity index (χ4v) is 9.27. The molecule has 0 spiro atoms. The van der Waals surface area contributed by atoms with Gasteiger partial charge in [0.15, 0.2) is 0 Å². The average molecular weight is 485 g/mol. The molecule has 4 saturated carbocycles. The van der Waals surface area contributed by atoms with Crippen LogP contribution in [0.4, 0.5) is 4.79 Å². The van der Waals surface area contributed by atoms with E-state index >= 15 is 0 Å². The van der Waals surface area contributed by atoms with Gasteiger partial charge in [-0.05, 0) is 98.5 Å². The van der Waals surface area contributed by atoms with E-state index in [9.17, 15) is 14.7 Å². The SMILES string of the molecule is C[C@]12CC[C@H](OC(=O)N3CCNC3)C[C@H]1CC[C@@H]1[C@@H]2CC[C@]2(C)[C@@H](c3ccc(=O)oc3)CC[C@]12O. The third-order valence-electron chi connectivity index (χ3n) is 11.3. The Morgan fingerprint density at radius 1 is 1.11 bits per heavy atom. The zero-order chi connectivity index (χ0) is 24.4. The molecular formula is C28H40N2O5. The fraction of sp³-hybridized carbons (Fsp3) is 0.786. The van der Waals surface area contributed by atoms with Gasteiger partial charge in [-0.25, -0.2) is 9.59 Å². The Morgan fingerprint density at radius 3 is 2.71 bits per heavy atom. The molecule has 7 nitrogen and oxygen atoms in total. The summed E-state index contributed by atoms with van der Waals surface area (Å²) in [5, 5.41) is 15.6. The minimum absolute atomic E-state index is 0.0123. The van der Waals surface area contributed by atoms with Crippen molar-refractivity contribution < 1.29 is 19.1 Å². The van der Waals surface area contributed by atoms with Crippen LogP contribution in [0.15, 0.2) is 27.6 Å². The molecule has 0 unspecified atom stereocenters. The molecule has 192 valence electrons. The first-order valence-electron chi connectivity index (χ1n) is 13.7. The van der Waals surface area contributed by atoms with Gasteiger partial charge in [-0.1, -0.05) is 13.8 Å². The van der Waals surface area contributed by atoms with Crippen LogP contribution in [0.3, 0.4) is 0 Å². The van der Waals surface area contributed by atoms with Crippen LogP contribution in [-0.2, 0) is 4.74 Å². The summed E-state index contributed by atoms with van der Waals surface area (Å²) in [6.07, 6.45) is 10.4. The normalized spacial score (nSPS) is 44.9. The molecule has 2 N–H and O–H groups in total. The van der Waals surface area contributed by atoms with E-state index in [2.05, 4.69) is 19.2 Å². The van der Waals surface area contributed by atoms with E-state index in [4.69, 9.17) is 9.15 Å². The first-order chi connectivity index (χ1) is 16.7. The van der Waals surface area contributed by atoms with Gasteiger partial charge in [0.1, 0.15) is 6.10 Å². The van der Waals surface area contributed by atoms with Gasteiger partial charge in [0.25, 0.3) is 0 Å². The Morgan fingerprint density at radius 2 is 1.97 bits per heavy atom. The highest BCUT2D eigenvalue weighted by Crippen LogP contribution is 2.70. The van der Waals surface area contributed by atoms with Crippen LogP contribution in [-0.4, -0.2) is 47.6 Å². The Labute approximate surface area is 207 Å². The van der Waals surface area contributed by atoms with E-state index < -0.39 is 5.60 Å². The minimum atomic E-state index is -0.684. The molecular weight excluding hydrogens is 444 g/mol. The first kappa shape index (κ1) is 23.5. The van der Waals surface area contributed by atoms with Gasteiger partial charge >= 0.3 is 11.7 Å². The summed E-state index contributed by atoms with van der Waals surface area (Å²) >= 11 is 0. The highest BCUT2D eigenvalue weighted by atomic mass is 16.6. The Hall–Kier alpha value is -1.86. The third kappa shape index (κ3) is 3.51. The largest absolute Gasteiger partial charge is 0.446 e. The molecule has 5 fully saturated rings. The molecule has 0 bridgehead atoms. The van der Waals surface area contributed by atoms with Crippen LogP contribution in [0, 0.1) is 28.6 Å². The van der Waals surface area contributed by atoms with Crippen LogP contribution in [0.1, 0.15) is 83.1 Å². The summed E-state index contributed by atoms with van der Waals surface area (Å²) in [5.41, 5.74) is 0.0395. The summed E-state index contributed by atoms with van der Waals surface area (Å²) in [5.74, 6) is 1.57. The van der Waals surface area contributed by atoms with Gasteiger partial charge in [-0.15, -0.1) is 0 Å². The predicted octanol–water partition coefficient (Wildman–Crippen LogP) is 4.25. The maximum atomic E-state index is 12.6. The van der Waals surface area contributed by atoms with Gasteiger partial charge in [-0.2, -0.15) is 0 Å². The molecule has 1 aromatic rings. The summed E-state index contributed by atoms with van der Waals surface area (Å²) in [6.45, 7) is 6.89. The Balaban J connectivity index is 1.19. The van der Waals surface area contributed by atoms with Crippen molar-refractivity contribution in [2.45, 2.75) is 89.3 Å². The number of amides is 1. The molecule has 1 amide bonds. The standard InChI is InChI=1S/C28H40N2O5/c1-26-10-7-20(35-25(32)30-14-13-29-17-30)15-19(26)4-5-23-22(26)8-11-27(2)21(9-12-28(23,27)33)18-3-6-24(31)34-16-18/h3,6,16,19-23,29,33H,4-5,7-15,17H2,1-2H3/t19-,20+,21-,22+,23-,26+,27-,28+/m1/s1. The molecule has 7 heteroatoms. The number of aliphatic hydroxyl groups is 1. The van der Waals surface area contributed by atoms with Gasteiger partial charge in [0.2, 0.25) is 0 Å². The molecule has 1 aliphatic heterocycles. The van der Waals surface area contributed by atoms with Crippen molar-refractivity contribution in [2.75, 3.05) is 19.8 Å². The average Bonchev–Trinajstić information content (AvgIpc) is 3.47. The second-order valence-corrected chi connectivity index (χ2v) is 12.6. The van der Waals surface area contributed by atoms with Crippen LogP contribution in [0.5, 0.6) is 0 Å². The zero-order valence-corrected chi connectivity index (χ0v) is 21.1. The lowest BCUT2D eigenvalue weighted by molar-refractivity contribution is -0.205. The molecule has 35 heavy (non-hydrogen) atoms. The number of rotatable bonds is 2. The van der Waals surface area contributed by atoms with E-state index in [-0.39, 0.29) is 34.6 Å². The van der Waals surface area contributed by atoms with Gasteiger partial charge < -0.3 is 14.3 Å². The van der Waals surface area contributed by atoms with Crippen molar-refractivity contribution in [3.05, 3.63) is 34.4 Å². The molecule has 8 atom stereocenters. The van der Waals surface area contributed by atoms with Crippen LogP contribution in [0.2, 0.25) is 0 Å². The number of carbonyl (C=O) groups is 1. The van der Waals surface area contributed by atoms with Crippen molar-refractivity contribution in [1.29, 1.82) is 0 Å². The van der Waals surface area contributed by atoms with Crippen molar-refractivity contribution >= 4 is 6.09 Å². The number of hydrogen-bond donors (Lipinski definition) is 2. The Bertz CT molecular complexity index is 1020. The Kier molecular flexibility index (Phi) is 5.61. The highest BCUT2D eigenvalue weighted by molar-refractivity contribution is 5.68. The fourth-order valence-electron chi connectivity index (χ4n) is 9.27. The number of nitrogens with zero attached hydrogens (tertiary/aromatic N) is 1. The van der Waals surface area contributed by atoms with Crippen molar-refractivity contribution in [3.8, 4) is 0 Å². The van der Waals surface area contributed by atoms with E-state index in [1.54, 1.807) is 11.2 Å². The molecule has 4 aliphatic carbocycles.